The Hall–Kier alpha value is -0.940. The number of nitrogens with zero attached hydrogens (tertiary/aromatic N) is 2. The third-order valence-corrected chi connectivity index (χ3v) is 4.26. The maximum absolute atomic E-state index is 10.8. The average Bonchev–Trinajstić information content (AvgIpc) is 2.77. The Balaban J connectivity index is 2.06. The molecule has 2 unspecified atom stereocenters. The molecule has 1 aliphatic rings. The van der Waals surface area contributed by atoms with Crippen molar-refractivity contribution in [3.05, 3.63) is 0 Å². The summed E-state index contributed by atoms with van der Waals surface area (Å²) in [6.07, 6.45) is 13.6. The van der Waals surface area contributed by atoms with Gasteiger partial charge in [-0.05, 0) is 6.42 Å². The number of quaternary nitrogens is 1. The molecular weight excluding hydrogens is 268 g/mol. The van der Waals surface area contributed by atoms with Crippen molar-refractivity contribution in [2.75, 3.05) is 13.1 Å². The second-order valence-corrected chi connectivity index (χ2v) is 6.19. The smallest absolute Gasteiger partial charge is 0.362 e. The molecule has 5 heteroatoms. The van der Waals surface area contributed by atoms with Gasteiger partial charge >= 0.3 is 5.97 Å². The molecule has 1 rings (SSSR count). The second kappa shape index (κ2) is 9.90. The Labute approximate surface area is 128 Å². The zero-order valence-corrected chi connectivity index (χ0v) is 13.3. The zero-order valence-electron chi connectivity index (χ0n) is 13.3. The van der Waals surface area contributed by atoms with E-state index in [-0.39, 0.29) is 12.6 Å². The predicted octanol–water partition coefficient (Wildman–Crippen LogP) is 3.61. The number of unbranched alkanes of at least 4 members (excludes halogenated alkanes) is 8. The first-order chi connectivity index (χ1) is 10.1. The van der Waals surface area contributed by atoms with Crippen LogP contribution in [0.2, 0.25) is 0 Å². The third kappa shape index (κ3) is 7.05. The summed E-state index contributed by atoms with van der Waals surface area (Å²) in [4.78, 5) is 14.9. The molecule has 0 spiro atoms. The van der Waals surface area contributed by atoms with Crippen molar-refractivity contribution in [1.29, 1.82) is 0 Å². The van der Waals surface area contributed by atoms with E-state index in [4.69, 9.17) is 5.11 Å². The van der Waals surface area contributed by atoms with Crippen molar-refractivity contribution in [3.63, 3.8) is 0 Å². The molecule has 0 radical (unpaired) electrons. The minimum atomic E-state index is -0.983. The van der Waals surface area contributed by atoms with E-state index in [1.165, 1.54) is 51.3 Å². The highest BCUT2D eigenvalue weighted by Gasteiger charge is 2.40. The van der Waals surface area contributed by atoms with Gasteiger partial charge in [-0.3, -0.25) is 0 Å². The fraction of sp³-hybridized carbons (Fsp3) is 0.875. The van der Waals surface area contributed by atoms with Crippen LogP contribution in [-0.4, -0.2) is 46.4 Å². The van der Waals surface area contributed by atoms with Crippen LogP contribution >= 0.6 is 0 Å². The van der Waals surface area contributed by atoms with Gasteiger partial charge in [0.05, 0.1) is 6.54 Å². The number of hydroxylamine groups is 3. The summed E-state index contributed by atoms with van der Waals surface area (Å²) in [5.74, 6) is -0.983. The zero-order chi connectivity index (χ0) is 15.6. The van der Waals surface area contributed by atoms with E-state index in [0.717, 1.165) is 19.3 Å². The van der Waals surface area contributed by atoms with Crippen LogP contribution in [0.3, 0.4) is 0 Å². The Morgan fingerprint density at radius 2 is 1.71 bits per heavy atom. The van der Waals surface area contributed by atoms with Crippen LogP contribution in [0.15, 0.2) is 4.99 Å². The fourth-order valence-corrected chi connectivity index (χ4v) is 2.94. The van der Waals surface area contributed by atoms with Gasteiger partial charge in [-0.15, -0.1) is 4.65 Å². The van der Waals surface area contributed by atoms with E-state index in [0.29, 0.717) is 6.54 Å². The lowest BCUT2D eigenvalue weighted by Crippen LogP contribution is -2.52. The van der Waals surface area contributed by atoms with Crippen LogP contribution in [0.1, 0.15) is 71.1 Å². The van der Waals surface area contributed by atoms with Crippen molar-refractivity contribution in [1.82, 2.24) is 0 Å². The molecular formula is C16H31N2O3+. The van der Waals surface area contributed by atoms with Crippen molar-refractivity contribution in [3.8, 4) is 0 Å². The van der Waals surface area contributed by atoms with Crippen LogP contribution < -0.4 is 0 Å². The maximum Gasteiger partial charge on any atom is 0.362 e. The number of hydrogen-bond donors (Lipinski definition) is 2. The van der Waals surface area contributed by atoms with E-state index < -0.39 is 10.6 Å². The summed E-state index contributed by atoms with van der Waals surface area (Å²) in [6.45, 7) is 2.49. The van der Waals surface area contributed by atoms with Crippen molar-refractivity contribution in [2.45, 2.75) is 77.2 Å². The fourth-order valence-electron chi connectivity index (χ4n) is 2.94. The molecule has 0 saturated carbocycles. The molecule has 0 saturated heterocycles. The lowest BCUT2D eigenvalue weighted by atomic mass is 10.0. The first-order valence-electron chi connectivity index (χ1n) is 8.41. The Bertz CT molecular complexity index is 333. The van der Waals surface area contributed by atoms with Crippen molar-refractivity contribution >= 4 is 12.3 Å². The number of hydrogen-bond acceptors (Lipinski definition) is 3. The van der Waals surface area contributed by atoms with Crippen LogP contribution in [0.5, 0.6) is 0 Å². The molecule has 2 N–H and O–H groups in total. The normalized spacial score (nSPS) is 24.6. The Kier molecular flexibility index (Phi) is 8.54. The van der Waals surface area contributed by atoms with Gasteiger partial charge < -0.3 is 5.11 Å². The molecule has 1 aliphatic heterocycles. The predicted molar refractivity (Wildman–Crippen MR) is 83.5 cm³/mol. The molecule has 0 aromatic carbocycles. The number of rotatable bonds is 12. The Morgan fingerprint density at radius 1 is 1.14 bits per heavy atom. The minimum Gasteiger partial charge on any atom is -0.477 e. The summed E-state index contributed by atoms with van der Waals surface area (Å²) in [5, 5.41) is 19.1. The van der Waals surface area contributed by atoms with E-state index in [1.54, 1.807) is 0 Å². The van der Waals surface area contributed by atoms with E-state index in [9.17, 15) is 10.0 Å². The van der Waals surface area contributed by atoms with Gasteiger partial charge in [-0.2, -0.15) is 0 Å². The molecule has 1 heterocycles. The molecule has 122 valence electrons. The van der Waals surface area contributed by atoms with Gasteiger partial charge in [0.15, 0.2) is 0 Å². The van der Waals surface area contributed by atoms with E-state index in [2.05, 4.69) is 11.9 Å². The van der Waals surface area contributed by atoms with Crippen LogP contribution in [-0.2, 0) is 4.79 Å². The standard InChI is InChI=1S/C16H30N2O3/c1-2-3-4-5-6-7-8-9-10-11-15-12-17-14-18(15,21)13-16(19)20/h14-15,21H,2-13H2,1H3/p+1. The van der Waals surface area contributed by atoms with E-state index >= 15 is 0 Å². The molecule has 0 aromatic heterocycles. The maximum atomic E-state index is 10.8. The molecule has 0 aromatic rings. The highest BCUT2D eigenvalue weighted by Crippen LogP contribution is 2.20. The van der Waals surface area contributed by atoms with Crippen LogP contribution in [0.25, 0.3) is 0 Å². The molecule has 21 heavy (non-hydrogen) atoms. The molecule has 0 fully saturated rings. The molecule has 0 amide bonds. The number of carboxylic acids is 1. The monoisotopic (exact) mass is 299 g/mol. The number of carboxylic acid groups (broad SMARTS) is 1. The number of aliphatic imine (C=N–C) groups is 1. The SMILES string of the molecule is CCCCCCCCCCCC1CN=C[N+]1(O)CC(=O)O. The van der Waals surface area contributed by atoms with E-state index in [1.807, 2.05) is 0 Å². The largest absolute Gasteiger partial charge is 0.477 e. The minimum absolute atomic E-state index is 0.0781. The quantitative estimate of drug-likeness (QED) is 0.427. The van der Waals surface area contributed by atoms with Gasteiger partial charge in [-0.1, -0.05) is 58.3 Å². The summed E-state index contributed by atoms with van der Waals surface area (Å²) in [7, 11) is 0. The molecule has 0 aliphatic carbocycles. The lowest BCUT2D eigenvalue weighted by molar-refractivity contribution is -1.03. The third-order valence-electron chi connectivity index (χ3n) is 4.26. The lowest BCUT2D eigenvalue weighted by Gasteiger charge is -2.26. The average molecular weight is 299 g/mol. The topological polar surface area (TPSA) is 69.9 Å². The second-order valence-electron chi connectivity index (χ2n) is 6.19. The first-order valence-corrected chi connectivity index (χ1v) is 8.41. The highest BCUT2D eigenvalue weighted by molar-refractivity contribution is 5.69. The van der Waals surface area contributed by atoms with Gasteiger partial charge in [0, 0.05) is 6.42 Å². The number of carbonyl (C=O) groups is 1. The first kappa shape index (κ1) is 18.1. The number of aliphatic carboxylic acids is 1. The highest BCUT2D eigenvalue weighted by atomic mass is 16.6. The van der Waals surface area contributed by atoms with Gasteiger partial charge in [-0.25, -0.2) is 15.0 Å². The summed E-state index contributed by atoms with van der Waals surface area (Å²) in [5.41, 5.74) is 0. The molecule has 5 nitrogen and oxygen atoms in total. The van der Waals surface area contributed by atoms with Gasteiger partial charge in [0.25, 0.3) is 0 Å². The molecule has 0 bridgehead atoms. The van der Waals surface area contributed by atoms with Crippen LogP contribution in [0, 0.1) is 0 Å². The Morgan fingerprint density at radius 3 is 2.29 bits per heavy atom. The summed E-state index contributed by atoms with van der Waals surface area (Å²) >= 11 is 0. The summed E-state index contributed by atoms with van der Waals surface area (Å²) < 4.78 is -0.521. The van der Waals surface area contributed by atoms with Crippen LogP contribution in [0.4, 0.5) is 0 Å². The van der Waals surface area contributed by atoms with Crippen molar-refractivity contribution < 1.29 is 19.8 Å². The van der Waals surface area contributed by atoms with Crippen molar-refractivity contribution in [2.24, 2.45) is 4.99 Å². The summed E-state index contributed by atoms with van der Waals surface area (Å²) in [6, 6.07) is -0.0781. The van der Waals surface area contributed by atoms with Gasteiger partial charge in [0.2, 0.25) is 12.9 Å². The molecule has 2 atom stereocenters. The van der Waals surface area contributed by atoms with Gasteiger partial charge in [0.1, 0.15) is 6.04 Å².